The predicted octanol–water partition coefficient (Wildman–Crippen LogP) is 3.21. The summed E-state index contributed by atoms with van der Waals surface area (Å²) in [6, 6.07) is 3.91. The van der Waals surface area contributed by atoms with Gasteiger partial charge in [0.05, 0.1) is 5.92 Å². The van der Waals surface area contributed by atoms with Crippen LogP contribution in [-0.4, -0.2) is 21.3 Å². The number of pyridine rings is 1. The summed E-state index contributed by atoms with van der Waals surface area (Å²) in [5.41, 5.74) is 0. The molecule has 0 amide bonds. The van der Waals surface area contributed by atoms with Gasteiger partial charge in [-0.1, -0.05) is 19.3 Å². The lowest BCUT2D eigenvalue weighted by atomic mass is 10.0. The minimum absolute atomic E-state index is 0.198. The highest BCUT2D eigenvalue weighted by molar-refractivity contribution is 8.00. The van der Waals surface area contributed by atoms with Crippen molar-refractivity contribution in [2.75, 3.05) is 0 Å². The van der Waals surface area contributed by atoms with Gasteiger partial charge >= 0.3 is 5.97 Å². The van der Waals surface area contributed by atoms with Crippen LogP contribution in [0.2, 0.25) is 0 Å². The third-order valence-electron chi connectivity index (χ3n) is 3.21. The van der Waals surface area contributed by atoms with Crippen LogP contribution < -0.4 is 0 Å². The van der Waals surface area contributed by atoms with Gasteiger partial charge in [-0.25, -0.2) is 0 Å². The highest BCUT2D eigenvalue weighted by Crippen LogP contribution is 2.36. The maximum absolute atomic E-state index is 11.3. The van der Waals surface area contributed by atoms with Gasteiger partial charge in [0.2, 0.25) is 0 Å². The lowest BCUT2D eigenvalue weighted by molar-refractivity contribution is -0.141. The van der Waals surface area contributed by atoms with E-state index in [9.17, 15) is 9.90 Å². The Hall–Kier alpha value is -1.03. The average molecular weight is 251 g/mol. The van der Waals surface area contributed by atoms with Crippen molar-refractivity contribution >= 4 is 17.7 Å². The lowest BCUT2D eigenvalue weighted by Gasteiger charge is -2.20. The summed E-state index contributed by atoms with van der Waals surface area (Å²) in [5, 5.41) is 9.49. The zero-order valence-electron chi connectivity index (χ0n) is 9.71. The van der Waals surface area contributed by atoms with Gasteiger partial charge in [0.1, 0.15) is 0 Å². The minimum Gasteiger partial charge on any atom is -0.481 e. The molecule has 0 aromatic carbocycles. The Kier molecular flexibility index (Phi) is 4.42. The van der Waals surface area contributed by atoms with Crippen molar-refractivity contribution in [3.8, 4) is 0 Å². The third kappa shape index (κ3) is 3.46. The van der Waals surface area contributed by atoms with Crippen LogP contribution in [0.3, 0.4) is 0 Å². The zero-order chi connectivity index (χ0) is 12.1. The van der Waals surface area contributed by atoms with Crippen LogP contribution in [0.4, 0.5) is 0 Å². The van der Waals surface area contributed by atoms with E-state index in [0.29, 0.717) is 0 Å². The molecule has 1 N–H and O–H groups in total. The summed E-state index contributed by atoms with van der Waals surface area (Å²) in [6.07, 6.45) is 8.69. The molecule has 0 bridgehead atoms. The van der Waals surface area contributed by atoms with Crippen molar-refractivity contribution in [2.24, 2.45) is 5.92 Å². The number of carboxylic acid groups (broad SMARTS) is 1. The second-order valence-electron chi connectivity index (χ2n) is 4.42. The van der Waals surface area contributed by atoms with E-state index < -0.39 is 5.97 Å². The highest BCUT2D eigenvalue weighted by Gasteiger charge is 2.30. The molecule has 2 rings (SSSR count). The molecule has 1 aliphatic rings. The van der Waals surface area contributed by atoms with Crippen LogP contribution >= 0.6 is 11.8 Å². The molecule has 2 atom stereocenters. The molecule has 3 nitrogen and oxygen atoms in total. The number of carbonyl (C=O) groups is 1. The van der Waals surface area contributed by atoms with Gasteiger partial charge in [-0.15, -0.1) is 11.8 Å². The van der Waals surface area contributed by atoms with Gasteiger partial charge in [-0.3, -0.25) is 9.78 Å². The standard InChI is InChI=1S/C13H17NO2S/c15-13(16)11-4-2-1-3-5-12(11)17-10-6-8-14-9-7-10/h6-9,11-12H,1-5H2,(H,15,16). The number of thioether (sulfide) groups is 1. The molecule has 0 radical (unpaired) electrons. The zero-order valence-corrected chi connectivity index (χ0v) is 10.5. The van der Waals surface area contributed by atoms with E-state index in [2.05, 4.69) is 4.98 Å². The fourth-order valence-electron chi connectivity index (χ4n) is 2.29. The smallest absolute Gasteiger partial charge is 0.307 e. The minimum atomic E-state index is -0.640. The monoisotopic (exact) mass is 251 g/mol. The maximum atomic E-state index is 11.3. The van der Waals surface area contributed by atoms with E-state index in [1.165, 1.54) is 0 Å². The van der Waals surface area contributed by atoms with Gasteiger partial charge in [0.15, 0.2) is 0 Å². The van der Waals surface area contributed by atoms with Crippen LogP contribution in [0.15, 0.2) is 29.4 Å². The Bertz CT molecular complexity index is 369. The highest BCUT2D eigenvalue weighted by atomic mass is 32.2. The Morgan fingerprint density at radius 1 is 1.24 bits per heavy atom. The van der Waals surface area contributed by atoms with Gasteiger partial charge in [-0.2, -0.15) is 0 Å². The molecule has 0 spiro atoms. The second-order valence-corrected chi connectivity index (χ2v) is 5.73. The quantitative estimate of drug-likeness (QED) is 0.838. The molecule has 1 saturated carbocycles. The maximum Gasteiger partial charge on any atom is 0.307 e. The van der Waals surface area contributed by atoms with Crippen molar-refractivity contribution in [1.29, 1.82) is 0 Å². The summed E-state index contributed by atoms with van der Waals surface area (Å²) in [4.78, 5) is 16.4. The molecule has 17 heavy (non-hydrogen) atoms. The van der Waals surface area contributed by atoms with Crippen molar-refractivity contribution in [3.63, 3.8) is 0 Å². The number of rotatable bonds is 3. The molecule has 1 aromatic rings. The number of hydrogen-bond donors (Lipinski definition) is 1. The summed E-state index contributed by atoms with van der Waals surface area (Å²) in [5.74, 6) is -0.839. The molecule has 0 saturated heterocycles. The van der Waals surface area contributed by atoms with Crippen LogP contribution in [0, 0.1) is 5.92 Å². The van der Waals surface area contributed by atoms with E-state index in [0.717, 1.165) is 37.0 Å². The van der Waals surface area contributed by atoms with E-state index >= 15 is 0 Å². The normalized spacial score (nSPS) is 25.2. The number of aliphatic carboxylic acids is 1. The Morgan fingerprint density at radius 3 is 2.65 bits per heavy atom. The summed E-state index contributed by atoms with van der Waals surface area (Å²) in [7, 11) is 0. The molecular formula is C13H17NO2S. The second kappa shape index (κ2) is 6.05. The van der Waals surface area contributed by atoms with E-state index in [-0.39, 0.29) is 11.2 Å². The molecule has 1 aromatic heterocycles. The molecule has 1 fully saturated rings. The molecular weight excluding hydrogens is 234 g/mol. The first-order valence-electron chi connectivity index (χ1n) is 6.07. The van der Waals surface area contributed by atoms with Crippen molar-refractivity contribution in [2.45, 2.75) is 42.2 Å². The fraction of sp³-hybridized carbons (Fsp3) is 0.538. The third-order valence-corrected chi connectivity index (χ3v) is 4.62. The Labute approximate surface area is 106 Å². The Balaban J connectivity index is 2.07. The average Bonchev–Trinajstić information content (AvgIpc) is 2.56. The molecule has 1 heterocycles. The first kappa shape index (κ1) is 12.4. The first-order chi connectivity index (χ1) is 8.27. The van der Waals surface area contributed by atoms with E-state index in [1.807, 2.05) is 12.1 Å². The summed E-state index contributed by atoms with van der Waals surface area (Å²) >= 11 is 1.69. The van der Waals surface area contributed by atoms with Crippen LogP contribution in [0.25, 0.3) is 0 Å². The Morgan fingerprint density at radius 2 is 1.94 bits per heavy atom. The van der Waals surface area contributed by atoms with Gasteiger partial charge in [0.25, 0.3) is 0 Å². The van der Waals surface area contributed by atoms with Crippen LogP contribution in [-0.2, 0) is 4.79 Å². The van der Waals surface area contributed by atoms with Gasteiger partial charge < -0.3 is 5.11 Å². The predicted molar refractivity (Wildman–Crippen MR) is 68.1 cm³/mol. The number of aromatic nitrogens is 1. The van der Waals surface area contributed by atoms with Gasteiger partial charge in [0, 0.05) is 22.5 Å². The van der Waals surface area contributed by atoms with E-state index in [4.69, 9.17) is 0 Å². The van der Waals surface area contributed by atoms with E-state index in [1.54, 1.807) is 24.2 Å². The molecule has 0 aliphatic heterocycles. The van der Waals surface area contributed by atoms with Gasteiger partial charge in [-0.05, 0) is 25.0 Å². The number of hydrogen-bond acceptors (Lipinski definition) is 3. The molecule has 1 aliphatic carbocycles. The largest absolute Gasteiger partial charge is 0.481 e. The van der Waals surface area contributed by atoms with Crippen molar-refractivity contribution in [1.82, 2.24) is 4.98 Å². The topological polar surface area (TPSA) is 50.2 Å². The number of nitrogens with zero attached hydrogens (tertiary/aromatic N) is 1. The van der Waals surface area contributed by atoms with Crippen molar-refractivity contribution in [3.05, 3.63) is 24.5 Å². The summed E-state index contributed by atoms with van der Waals surface area (Å²) < 4.78 is 0. The lowest BCUT2D eigenvalue weighted by Crippen LogP contribution is -2.24. The van der Waals surface area contributed by atoms with Crippen molar-refractivity contribution < 1.29 is 9.90 Å². The fourth-order valence-corrected chi connectivity index (χ4v) is 3.62. The molecule has 92 valence electrons. The molecule has 4 heteroatoms. The van der Waals surface area contributed by atoms with Crippen LogP contribution in [0.1, 0.15) is 32.1 Å². The van der Waals surface area contributed by atoms with Crippen LogP contribution in [0.5, 0.6) is 0 Å². The molecule has 2 unspecified atom stereocenters. The first-order valence-corrected chi connectivity index (χ1v) is 6.95. The summed E-state index contributed by atoms with van der Waals surface area (Å²) in [6.45, 7) is 0. The SMILES string of the molecule is O=C(O)C1CCCCCC1Sc1ccncc1. The number of carboxylic acids is 1.